The average molecular weight is 293 g/mol. The molecule has 84 valence electrons. The number of nitrogens with one attached hydrogen (secondary N) is 1. The average Bonchev–Trinajstić information content (AvgIpc) is 2.23. The van der Waals surface area contributed by atoms with E-state index in [0.29, 0.717) is 0 Å². The highest BCUT2D eigenvalue weighted by Crippen LogP contribution is 2.26. The molecule has 1 aromatic rings. The zero-order valence-corrected chi connectivity index (χ0v) is 11.3. The normalized spacial score (nSPS) is 10.4. The molecule has 15 heavy (non-hydrogen) atoms. The second-order valence-corrected chi connectivity index (χ2v) is 4.26. The van der Waals surface area contributed by atoms with Gasteiger partial charge in [0.05, 0.1) is 12.6 Å². The number of hydrogen-bond acceptors (Lipinski definition) is 2. The molecule has 0 radical (unpaired) electrons. The quantitative estimate of drug-likeness (QED) is 0.511. The largest absolute Gasteiger partial charge is 0.496 e. The van der Waals surface area contributed by atoms with Crippen LogP contribution in [-0.4, -0.2) is 19.1 Å². The minimum Gasteiger partial charge on any atom is -0.496 e. The van der Waals surface area contributed by atoms with E-state index in [4.69, 9.17) is 16.3 Å². The van der Waals surface area contributed by atoms with E-state index in [-0.39, 0.29) is 0 Å². The highest BCUT2D eigenvalue weighted by Gasteiger charge is 2.06. The fourth-order valence-electron chi connectivity index (χ4n) is 1.37. The van der Waals surface area contributed by atoms with Crippen LogP contribution in [0.4, 0.5) is 0 Å². The Labute approximate surface area is 104 Å². The second kappa shape index (κ2) is 6.36. The molecule has 0 bridgehead atoms. The fraction of sp³-hybridized carbons (Fsp3) is 0.455. The Morgan fingerprint density at radius 3 is 2.80 bits per heavy atom. The summed E-state index contributed by atoms with van der Waals surface area (Å²) in [7, 11) is 1.68. The van der Waals surface area contributed by atoms with Crippen molar-refractivity contribution in [3.8, 4) is 5.75 Å². The molecule has 0 aliphatic heterocycles. The summed E-state index contributed by atoms with van der Waals surface area (Å²) in [5.74, 6) is 0.910. The van der Waals surface area contributed by atoms with Gasteiger partial charge in [-0.15, -0.1) is 0 Å². The molecule has 1 rings (SSSR count). The molecule has 0 heterocycles. The fourth-order valence-corrected chi connectivity index (χ4v) is 1.84. The first-order valence-corrected chi connectivity index (χ1v) is 6.28. The van der Waals surface area contributed by atoms with Gasteiger partial charge in [-0.1, -0.05) is 27.5 Å². The topological polar surface area (TPSA) is 21.3 Å². The van der Waals surface area contributed by atoms with E-state index in [1.165, 1.54) is 0 Å². The third-order valence-corrected chi connectivity index (χ3v) is 3.03. The van der Waals surface area contributed by atoms with Gasteiger partial charge in [0.25, 0.3) is 0 Å². The molecule has 1 aromatic carbocycles. The summed E-state index contributed by atoms with van der Waals surface area (Å²) in [6, 6.07) is 3.96. The lowest BCUT2D eigenvalue weighted by molar-refractivity contribution is 0.409. The predicted octanol–water partition coefficient (Wildman–Crippen LogP) is 3.14. The Balaban J connectivity index is 2.80. The maximum atomic E-state index is 6.07. The van der Waals surface area contributed by atoms with Crippen LogP contribution in [0.3, 0.4) is 0 Å². The molecule has 0 fully saturated rings. The maximum absolute atomic E-state index is 6.07. The SMILES string of the molecule is COc1cc(C)c(Cl)cc1CCNCBr. The van der Waals surface area contributed by atoms with Crippen LogP contribution in [0.5, 0.6) is 5.75 Å². The van der Waals surface area contributed by atoms with Crippen molar-refractivity contribution in [2.45, 2.75) is 13.3 Å². The molecule has 0 atom stereocenters. The lowest BCUT2D eigenvalue weighted by Crippen LogP contribution is -2.14. The van der Waals surface area contributed by atoms with Crippen LogP contribution in [0.25, 0.3) is 0 Å². The van der Waals surface area contributed by atoms with Crippen LogP contribution in [0, 0.1) is 6.92 Å². The van der Waals surface area contributed by atoms with Crippen molar-refractivity contribution in [3.05, 3.63) is 28.3 Å². The Bertz CT molecular complexity index is 331. The molecule has 0 saturated heterocycles. The van der Waals surface area contributed by atoms with Gasteiger partial charge in [0, 0.05) is 11.6 Å². The highest BCUT2D eigenvalue weighted by molar-refractivity contribution is 9.09. The standard InChI is InChI=1S/C11H15BrClNO/c1-8-5-11(15-2)9(6-10(8)13)3-4-14-7-12/h5-6,14H,3-4,7H2,1-2H3. The maximum Gasteiger partial charge on any atom is 0.122 e. The van der Waals surface area contributed by atoms with E-state index in [1.807, 2.05) is 19.1 Å². The van der Waals surface area contributed by atoms with E-state index in [0.717, 1.165) is 40.3 Å². The van der Waals surface area contributed by atoms with Gasteiger partial charge < -0.3 is 10.1 Å². The number of aryl methyl sites for hydroxylation is 1. The van der Waals surface area contributed by atoms with Crippen LogP contribution in [-0.2, 0) is 6.42 Å². The van der Waals surface area contributed by atoms with Crippen molar-refractivity contribution in [1.29, 1.82) is 0 Å². The first-order chi connectivity index (χ1) is 7.19. The summed E-state index contributed by atoms with van der Waals surface area (Å²) in [5, 5.41) is 4.00. The molecule has 0 unspecified atom stereocenters. The lowest BCUT2D eigenvalue weighted by Gasteiger charge is -2.10. The zero-order chi connectivity index (χ0) is 11.3. The second-order valence-electron chi connectivity index (χ2n) is 3.30. The van der Waals surface area contributed by atoms with Gasteiger partial charge in [-0.2, -0.15) is 0 Å². The number of halogens is 2. The Morgan fingerprint density at radius 2 is 2.20 bits per heavy atom. The summed E-state index contributed by atoms with van der Waals surface area (Å²) < 4.78 is 5.31. The van der Waals surface area contributed by atoms with E-state index >= 15 is 0 Å². The number of rotatable bonds is 5. The summed E-state index contributed by atoms with van der Waals surface area (Å²) >= 11 is 9.39. The van der Waals surface area contributed by atoms with Gasteiger partial charge >= 0.3 is 0 Å². The first-order valence-electron chi connectivity index (χ1n) is 4.78. The molecule has 0 aliphatic rings. The molecule has 0 saturated carbocycles. The van der Waals surface area contributed by atoms with Crippen LogP contribution >= 0.6 is 27.5 Å². The van der Waals surface area contributed by atoms with Crippen molar-refractivity contribution in [2.75, 3.05) is 19.1 Å². The Kier molecular flexibility index (Phi) is 5.43. The smallest absolute Gasteiger partial charge is 0.122 e. The molecule has 0 spiro atoms. The summed E-state index contributed by atoms with van der Waals surface area (Å²) in [6.07, 6.45) is 0.911. The highest BCUT2D eigenvalue weighted by atomic mass is 79.9. The van der Waals surface area contributed by atoms with Gasteiger partial charge in [-0.25, -0.2) is 0 Å². The van der Waals surface area contributed by atoms with Gasteiger partial charge in [0.1, 0.15) is 5.75 Å². The van der Waals surface area contributed by atoms with E-state index in [2.05, 4.69) is 21.2 Å². The Morgan fingerprint density at radius 1 is 1.47 bits per heavy atom. The monoisotopic (exact) mass is 291 g/mol. The number of ether oxygens (including phenoxy) is 1. The molecule has 4 heteroatoms. The third-order valence-electron chi connectivity index (χ3n) is 2.23. The van der Waals surface area contributed by atoms with Crippen LogP contribution in [0.2, 0.25) is 5.02 Å². The number of methoxy groups -OCH3 is 1. The molecule has 0 aromatic heterocycles. The summed E-state index contributed by atoms with van der Waals surface area (Å²) in [6.45, 7) is 2.88. The van der Waals surface area contributed by atoms with Gasteiger partial charge in [-0.3, -0.25) is 0 Å². The number of alkyl halides is 1. The molecule has 0 aliphatic carbocycles. The number of benzene rings is 1. The molecule has 0 amide bonds. The minimum absolute atomic E-state index is 0.796. The summed E-state index contributed by atoms with van der Waals surface area (Å²) in [4.78, 5) is 0. The van der Waals surface area contributed by atoms with Crippen molar-refractivity contribution >= 4 is 27.5 Å². The molecule has 2 nitrogen and oxygen atoms in total. The van der Waals surface area contributed by atoms with Gasteiger partial charge in [0.15, 0.2) is 0 Å². The molecule has 1 N–H and O–H groups in total. The van der Waals surface area contributed by atoms with Crippen molar-refractivity contribution in [1.82, 2.24) is 5.32 Å². The van der Waals surface area contributed by atoms with Crippen LogP contribution < -0.4 is 10.1 Å². The molecular weight excluding hydrogens is 277 g/mol. The van der Waals surface area contributed by atoms with E-state index in [9.17, 15) is 0 Å². The van der Waals surface area contributed by atoms with Crippen LogP contribution in [0.15, 0.2) is 12.1 Å². The van der Waals surface area contributed by atoms with E-state index in [1.54, 1.807) is 7.11 Å². The first kappa shape index (κ1) is 12.8. The van der Waals surface area contributed by atoms with Crippen LogP contribution in [0.1, 0.15) is 11.1 Å². The van der Waals surface area contributed by atoms with Crippen molar-refractivity contribution in [2.24, 2.45) is 0 Å². The lowest BCUT2D eigenvalue weighted by atomic mass is 10.1. The Hall–Kier alpha value is -0.250. The van der Waals surface area contributed by atoms with Gasteiger partial charge in [-0.05, 0) is 36.6 Å². The van der Waals surface area contributed by atoms with Gasteiger partial charge in [0.2, 0.25) is 0 Å². The van der Waals surface area contributed by atoms with Crippen molar-refractivity contribution in [3.63, 3.8) is 0 Å². The van der Waals surface area contributed by atoms with E-state index < -0.39 is 0 Å². The third kappa shape index (κ3) is 3.67. The number of hydrogen-bond donors (Lipinski definition) is 1. The molecular formula is C11H15BrClNO. The minimum atomic E-state index is 0.796. The zero-order valence-electron chi connectivity index (χ0n) is 8.94. The predicted molar refractivity (Wildman–Crippen MR) is 68.2 cm³/mol. The van der Waals surface area contributed by atoms with Crippen molar-refractivity contribution < 1.29 is 4.74 Å². The summed E-state index contributed by atoms with van der Waals surface area (Å²) in [5.41, 5.74) is 2.99.